The van der Waals surface area contributed by atoms with Gasteiger partial charge in [-0.1, -0.05) is 31.0 Å². The van der Waals surface area contributed by atoms with Gasteiger partial charge in [0, 0.05) is 19.1 Å². The Bertz CT molecular complexity index is 637. The molecule has 3 atom stereocenters. The number of carbonyl (C=O) groups excluding carboxylic acids is 2. The fraction of sp³-hybridized carbons (Fsp3) is 0.636. The third kappa shape index (κ3) is 5.71. The van der Waals surface area contributed by atoms with E-state index in [-0.39, 0.29) is 23.8 Å². The summed E-state index contributed by atoms with van der Waals surface area (Å²) in [4.78, 5) is 27.1. The smallest absolute Gasteiger partial charge is 0.226 e. The number of nitrogens with one attached hydrogen (secondary N) is 1. The molecule has 1 aromatic rings. The minimum atomic E-state index is -0.118. The molecule has 2 aliphatic rings. The maximum absolute atomic E-state index is 12.8. The van der Waals surface area contributed by atoms with Crippen molar-refractivity contribution in [1.82, 2.24) is 10.2 Å². The maximum Gasteiger partial charge on any atom is 0.226 e. The van der Waals surface area contributed by atoms with Crippen molar-refractivity contribution < 1.29 is 14.3 Å². The Hall–Kier alpha value is -2.08. The zero-order chi connectivity index (χ0) is 19.8. The van der Waals surface area contributed by atoms with Gasteiger partial charge in [-0.25, -0.2) is 0 Å². The van der Waals surface area contributed by atoms with Gasteiger partial charge >= 0.3 is 0 Å². The first-order valence-electron chi connectivity index (χ1n) is 10.6. The Kier molecular flexibility index (Phi) is 7.71. The first kappa shape index (κ1) is 20.6. The number of benzene rings is 1. The molecule has 3 unspecified atom stereocenters. The van der Waals surface area contributed by atoms with E-state index in [1.54, 1.807) is 0 Å². The standard InChI is InChI=1S/C22H33N3O3/c23-15-17-7-4-5-11-20(17)24-22(27)18-8-6-13-25(16-18)21(26)12-14-28-19-9-2-1-3-10-19/h1-3,9-10,17-18,20H,4-8,11-16,23H2,(H,24,27). The number of hydrogen-bond donors (Lipinski definition) is 2. The molecule has 0 bridgehead atoms. The van der Waals surface area contributed by atoms with E-state index in [4.69, 9.17) is 10.5 Å². The molecule has 154 valence electrons. The molecular formula is C22H33N3O3. The van der Waals surface area contributed by atoms with E-state index in [0.717, 1.165) is 44.4 Å². The average Bonchev–Trinajstić information content (AvgIpc) is 2.75. The summed E-state index contributed by atoms with van der Waals surface area (Å²) in [5.41, 5.74) is 5.88. The van der Waals surface area contributed by atoms with Crippen LogP contribution in [0.25, 0.3) is 0 Å². The number of nitrogens with two attached hydrogens (primary N) is 1. The highest BCUT2D eigenvalue weighted by Crippen LogP contribution is 2.25. The summed E-state index contributed by atoms with van der Waals surface area (Å²) in [6, 6.07) is 9.70. The molecule has 0 aromatic heterocycles. The highest BCUT2D eigenvalue weighted by Gasteiger charge is 2.31. The summed E-state index contributed by atoms with van der Waals surface area (Å²) in [6.45, 7) is 2.22. The SMILES string of the molecule is NCC1CCCCC1NC(=O)C1CCCN(C(=O)CCOc2ccccc2)C1. The summed E-state index contributed by atoms with van der Waals surface area (Å²) in [5.74, 6) is 1.18. The van der Waals surface area contributed by atoms with Crippen molar-refractivity contribution in [3.05, 3.63) is 30.3 Å². The van der Waals surface area contributed by atoms with E-state index in [0.29, 0.717) is 32.0 Å². The summed E-state index contributed by atoms with van der Waals surface area (Å²) >= 11 is 0. The van der Waals surface area contributed by atoms with Crippen LogP contribution >= 0.6 is 0 Å². The van der Waals surface area contributed by atoms with Crippen LogP contribution in [0.15, 0.2) is 30.3 Å². The van der Waals surface area contributed by atoms with E-state index in [9.17, 15) is 9.59 Å². The first-order valence-corrected chi connectivity index (χ1v) is 10.6. The van der Waals surface area contributed by atoms with E-state index in [1.165, 1.54) is 6.42 Å². The Morgan fingerprint density at radius 1 is 1.11 bits per heavy atom. The van der Waals surface area contributed by atoms with Crippen molar-refractivity contribution in [2.75, 3.05) is 26.2 Å². The van der Waals surface area contributed by atoms with Crippen LogP contribution in [0.1, 0.15) is 44.9 Å². The van der Waals surface area contributed by atoms with Crippen LogP contribution in [0, 0.1) is 11.8 Å². The molecule has 1 saturated carbocycles. The highest BCUT2D eigenvalue weighted by molar-refractivity contribution is 5.81. The van der Waals surface area contributed by atoms with Crippen molar-refractivity contribution in [2.45, 2.75) is 51.0 Å². The zero-order valence-corrected chi connectivity index (χ0v) is 16.6. The fourth-order valence-electron chi connectivity index (χ4n) is 4.33. The second-order valence-corrected chi connectivity index (χ2v) is 7.99. The lowest BCUT2D eigenvalue weighted by Crippen LogP contribution is -2.50. The maximum atomic E-state index is 12.8. The van der Waals surface area contributed by atoms with Crippen LogP contribution in [0.2, 0.25) is 0 Å². The Morgan fingerprint density at radius 3 is 2.68 bits per heavy atom. The third-order valence-electron chi connectivity index (χ3n) is 6.01. The molecule has 3 N–H and O–H groups in total. The van der Waals surface area contributed by atoms with Gasteiger partial charge in [0.1, 0.15) is 5.75 Å². The van der Waals surface area contributed by atoms with Crippen molar-refractivity contribution in [2.24, 2.45) is 17.6 Å². The predicted molar refractivity (Wildman–Crippen MR) is 109 cm³/mol. The van der Waals surface area contributed by atoms with Crippen molar-refractivity contribution in [3.63, 3.8) is 0 Å². The van der Waals surface area contributed by atoms with Crippen LogP contribution in [0.5, 0.6) is 5.75 Å². The minimum Gasteiger partial charge on any atom is -0.493 e. The van der Waals surface area contributed by atoms with Gasteiger partial charge in [-0.3, -0.25) is 9.59 Å². The molecule has 1 heterocycles. The molecule has 6 heteroatoms. The van der Waals surface area contributed by atoms with E-state index in [1.807, 2.05) is 35.2 Å². The molecule has 2 fully saturated rings. The summed E-state index contributed by atoms with van der Waals surface area (Å²) in [6.07, 6.45) is 6.51. The fourth-order valence-corrected chi connectivity index (χ4v) is 4.33. The zero-order valence-electron chi connectivity index (χ0n) is 16.6. The lowest BCUT2D eigenvalue weighted by atomic mass is 9.84. The lowest BCUT2D eigenvalue weighted by molar-refractivity contribution is -0.136. The Labute approximate surface area is 167 Å². The molecule has 1 aromatic carbocycles. The van der Waals surface area contributed by atoms with Gasteiger partial charge in [0.2, 0.25) is 11.8 Å². The number of carbonyl (C=O) groups is 2. The number of ether oxygens (including phenoxy) is 1. The van der Waals surface area contributed by atoms with Gasteiger partial charge in [-0.2, -0.15) is 0 Å². The number of amides is 2. The molecule has 1 saturated heterocycles. The topological polar surface area (TPSA) is 84.7 Å². The van der Waals surface area contributed by atoms with Gasteiger partial charge in [-0.05, 0) is 50.3 Å². The van der Waals surface area contributed by atoms with Gasteiger partial charge in [0.25, 0.3) is 0 Å². The Balaban J connectivity index is 1.44. The number of piperidine rings is 1. The molecule has 28 heavy (non-hydrogen) atoms. The second-order valence-electron chi connectivity index (χ2n) is 7.99. The normalized spacial score (nSPS) is 25.2. The molecular weight excluding hydrogens is 354 g/mol. The Morgan fingerprint density at radius 2 is 1.89 bits per heavy atom. The molecule has 2 amide bonds. The number of nitrogens with zero attached hydrogens (tertiary/aromatic N) is 1. The van der Waals surface area contributed by atoms with Crippen LogP contribution in [-0.4, -0.2) is 49.0 Å². The van der Waals surface area contributed by atoms with Crippen molar-refractivity contribution >= 4 is 11.8 Å². The minimum absolute atomic E-state index is 0.0610. The third-order valence-corrected chi connectivity index (χ3v) is 6.01. The van der Waals surface area contributed by atoms with Gasteiger partial charge in [-0.15, -0.1) is 0 Å². The van der Waals surface area contributed by atoms with Crippen LogP contribution in [0.4, 0.5) is 0 Å². The quantitative estimate of drug-likeness (QED) is 0.752. The number of rotatable bonds is 7. The van der Waals surface area contributed by atoms with Gasteiger partial charge in [0.15, 0.2) is 0 Å². The van der Waals surface area contributed by atoms with Crippen LogP contribution in [-0.2, 0) is 9.59 Å². The number of likely N-dealkylation sites (tertiary alicyclic amines) is 1. The number of para-hydroxylation sites is 1. The summed E-state index contributed by atoms with van der Waals surface area (Å²) in [5, 5.41) is 3.23. The van der Waals surface area contributed by atoms with Crippen LogP contribution < -0.4 is 15.8 Å². The summed E-state index contributed by atoms with van der Waals surface area (Å²) < 4.78 is 5.63. The van der Waals surface area contributed by atoms with Crippen LogP contribution in [0.3, 0.4) is 0 Å². The second kappa shape index (κ2) is 10.5. The number of hydrogen-bond acceptors (Lipinski definition) is 4. The van der Waals surface area contributed by atoms with Gasteiger partial charge in [0.05, 0.1) is 18.9 Å². The van der Waals surface area contributed by atoms with E-state index >= 15 is 0 Å². The monoisotopic (exact) mass is 387 g/mol. The van der Waals surface area contributed by atoms with Gasteiger partial charge < -0.3 is 20.7 Å². The molecule has 1 aliphatic heterocycles. The molecule has 3 rings (SSSR count). The lowest BCUT2D eigenvalue weighted by Gasteiger charge is -2.35. The summed E-state index contributed by atoms with van der Waals surface area (Å²) in [7, 11) is 0. The molecule has 0 spiro atoms. The largest absolute Gasteiger partial charge is 0.493 e. The first-order chi connectivity index (χ1) is 13.7. The predicted octanol–water partition coefficient (Wildman–Crippen LogP) is 2.33. The van der Waals surface area contributed by atoms with E-state index in [2.05, 4.69) is 5.32 Å². The van der Waals surface area contributed by atoms with Crippen molar-refractivity contribution in [3.8, 4) is 5.75 Å². The average molecular weight is 388 g/mol. The molecule has 6 nitrogen and oxygen atoms in total. The highest BCUT2D eigenvalue weighted by atomic mass is 16.5. The van der Waals surface area contributed by atoms with Crippen molar-refractivity contribution in [1.29, 1.82) is 0 Å². The molecule has 1 aliphatic carbocycles. The molecule has 0 radical (unpaired) electrons. The van der Waals surface area contributed by atoms with E-state index < -0.39 is 0 Å².